The fourth-order valence-corrected chi connectivity index (χ4v) is 3.04. The lowest BCUT2D eigenvalue weighted by atomic mass is 9.84. The van der Waals surface area contributed by atoms with Crippen molar-refractivity contribution >= 4 is 18.3 Å². The Morgan fingerprint density at radius 1 is 1.42 bits per heavy atom. The van der Waals surface area contributed by atoms with Crippen LogP contribution in [0.25, 0.3) is 0 Å². The number of amides is 1. The number of carbonyl (C=O) groups is 1. The van der Waals surface area contributed by atoms with E-state index in [0.29, 0.717) is 12.5 Å². The molecule has 2 aliphatic rings. The van der Waals surface area contributed by atoms with Gasteiger partial charge in [0.2, 0.25) is 5.91 Å². The summed E-state index contributed by atoms with van der Waals surface area (Å²) < 4.78 is 5.56. The third kappa shape index (κ3) is 5.67. The van der Waals surface area contributed by atoms with Crippen LogP contribution in [0.2, 0.25) is 0 Å². The first-order valence-corrected chi connectivity index (χ1v) is 7.39. The summed E-state index contributed by atoms with van der Waals surface area (Å²) in [6, 6.07) is 0.396. The van der Waals surface area contributed by atoms with Crippen LogP contribution in [0.15, 0.2) is 0 Å². The lowest BCUT2D eigenvalue weighted by Crippen LogP contribution is -2.44. The minimum absolute atomic E-state index is 0. The van der Waals surface area contributed by atoms with Crippen molar-refractivity contribution < 1.29 is 9.53 Å². The first-order valence-electron chi connectivity index (χ1n) is 7.39. The maximum absolute atomic E-state index is 12.0. The van der Waals surface area contributed by atoms with Crippen LogP contribution in [0.1, 0.15) is 45.4 Å². The molecule has 2 N–H and O–H groups in total. The van der Waals surface area contributed by atoms with Crippen LogP contribution in [0.5, 0.6) is 0 Å². The molecule has 19 heavy (non-hydrogen) atoms. The van der Waals surface area contributed by atoms with Crippen molar-refractivity contribution in [3.63, 3.8) is 0 Å². The minimum Gasteiger partial charge on any atom is -0.375 e. The van der Waals surface area contributed by atoms with E-state index < -0.39 is 0 Å². The van der Waals surface area contributed by atoms with Crippen molar-refractivity contribution in [3.8, 4) is 0 Å². The second-order valence-corrected chi connectivity index (χ2v) is 5.61. The average Bonchev–Trinajstić information content (AvgIpc) is 2.40. The third-order valence-electron chi connectivity index (χ3n) is 4.14. The number of nitrogens with one attached hydrogen (secondary N) is 2. The molecule has 0 radical (unpaired) electrons. The first-order chi connectivity index (χ1) is 8.78. The van der Waals surface area contributed by atoms with Gasteiger partial charge in [0.15, 0.2) is 0 Å². The molecule has 0 aromatic heterocycles. The predicted octanol–water partition coefficient (Wildman–Crippen LogP) is 1.87. The standard InChI is InChI=1S/C14H26N2O2.ClH/c1-2-11-4-3-5-12(8-11)16-14(17)9-13-10-15-6-7-18-13;/h11-13,15H,2-10H2,1H3,(H,16,17);1H. The zero-order valence-electron chi connectivity index (χ0n) is 11.8. The van der Waals surface area contributed by atoms with E-state index in [9.17, 15) is 4.79 Å². The van der Waals surface area contributed by atoms with Crippen LogP contribution < -0.4 is 10.6 Å². The lowest BCUT2D eigenvalue weighted by molar-refractivity contribution is -0.125. The van der Waals surface area contributed by atoms with E-state index in [1.54, 1.807) is 0 Å². The molecule has 1 amide bonds. The summed E-state index contributed by atoms with van der Waals surface area (Å²) in [7, 11) is 0. The van der Waals surface area contributed by atoms with E-state index in [0.717, 1.165) is 38.5 Å². The molecule has 4 nitrogen and oxygen atoms in total. The molecule has 3 unspecified atom stereocenters. The molecule has 1 aliphatic heterocycles. The second kappa shape index (κ2) is 8.77. The number of halogens is 1. The zero-order chi connectivity index (χ0) is 12.8. The molecule has 1 saturated heterocycles. The number of carbonyl (C=O) groups excluding carboxylic acids is 1. The van der Waals surface area contributed by atoms with Gasteiger partial charge in [-0.15, -0.1) is 12.4 Å². The van der Waals surface area contributed by atoms with E-state index >= 15 is 0 Å². The second-order valence-electron chi connectivity index (χ2n) is 5.61. The third-order valence-corrected chi connectivity index (χ3v) is 4.14. The maximum Gasteiger partial charge on any atom is 0.222 e. The summed E-state index contributed by atoms with van der Waals surface area (Å²) in [4.78, 5) is 12.0. The number of hydrogen-bond acceptors (Lipinski definition) is 3. The van der Waals surface area contributed by atoms with Gasteiger partial charge in [0.05, 0.1) is 19.1 Å². The highest BCUT2D eigenvalue weighted by Crippen LogP contribution is 2.26. The minimum atomic E-state index is 0. The summed E-state index contributed by atoms with van der Waals surface area (Å²) >= 11 is 0. The van der Waals surface area contributed by atoms with Gasteiger partial charge in [0, 0.05) is 19.1 Å². The largest absolute Gasteiger partial charge is 0.375 e. The van der Waals surface area contributed by atoms with Gasteiger partial charge in [-0.1, -0.05) is 26.2 Å². The average molecular weight is 291 g/mol. The molecule has 0 bridgehead atoms. The van der Waals surface area contributed by atoms with Crippen LogP contribution in [-0.4, -0.2) is 37.7 Å². The molecule has 112 valence electrons. The predicted molar refractivity (Wildman–Crippen MR) is 78.7 cm³/mol. The molecule has 3 atom stereocenters. The van der Waals surface area contributed by atoms with Gasteiger partial charge in [0.1, 0.15) is 0 Å². The van der Waals surface area contributed by atoms with Gasteiger partial charge in [-0.3, -0.25) is 4.79 Å². The Labute approximate surface area is 122 Å². The molecule has 0 aromatic carbocycles. The zero-order valence-corrected chi connectivity index (χ0v) is 12.6. The Balaban J connectivity index is 0.00000180. The van der Waals surface area contributed by atoms with Crippen molar-refractivity contribution in [1.82, 2.24) is 10.6 Å². The van der Waals surface area contributed by atoms with E-state index in [1.165, 1.54) is 19.3 Å². The summed E-state index contributed by atoms with van der Waals surface area (Å²) in [6.45, 7) is 4.67. The van der Waals surface area contributed by atoms with Crippen molar-refractivity contribution in [2.75, 3.05) is 19.7 Å². The van der Waals surface area contributed by atoms with Gasteiger partial charge >= 0.3 is 0 Å². The number of rotatable bonds is 4. The molecule has 0 aromatic rings. The normalized spacial score (nSPS) is 31.3. The smallest absolute Gasteiger partial charge is 0.222 e. The van der Waals surface area contributed by atoms with Gasteiger partial charge in [-0.25, -0.2) is 0 Å². The van der Waals surface area contributed by atoms with Crippen LogP contribution >= 0.6 is 12.4 Å². The highest BCUT2D eigenvalue weighted by Gasteiger charge is 2.23. The molecule has 2 rings (SSSR count). The monoisotopic (exact) mass is 290 g/mol. The molecular weight excluding hydrogens is 264 g/mol. The van der Waals surface area contributed by atoms with E-state index in [2.05, 4.69) is 17.6 Å². The van der Waals surface area contributed by atoms with Crippen LogP contribution in [0.4, 0.5) is 0 Å². The Bertz CT molecular complexity index is 270. The van der Waals surface area contributed by atoms with Crippen LogP contribution in [0.3, 0.4) is 0 Å². The number of ether oxygens (including phenoxy) is 1. The highest BCUT2D eigenvalue weighted by atomic mass is 35.5. The Kier molecular flexibility index (Phi) is 7.73. The van der Waals surface area contributed by atoms with Gasteiger partial charge in [0.25, 0.3) is 0 Å². The fourth-order valence-electron chi connectivity index (χ4n) is 3.04. The van der Waals surface area contributed by atoms with Gasteiger partial charge < -0.3 is 15.4 Å². The topological polar surface area (TPSA) is 50.4 Å². The molecular formula is C14H27ClN2O2. The highest BCUT2D eigenvalue weighted by molar-refractivity contribution is 5.85. The van der Waals surface area contributed by atoms with Crippen molar-refractivity contribution in [2.24, 2.45) is 5.92 Å². The van der Waals surface area contributed by atoms with E-state index in [4.69, 9.17) is 4.74 Å². The summed E-state index contributed by atoms with van der Waals surface area (Å²) in [5.41, 5.74) is 0. The molecule has 1 heterocycles. The molecule has 1 aliphatic carbocycles. The van der Waals surface area contributed by atoms with Crippen molar-refractivity contribution in [2.45, 2.75) is 57.6 Å². The van der Waals surface area contributed by atoms with Crippen LogP contribution in [0, 0.1) is 5.92 Å². The summed E-state index contributed by atoms with van der Waals surface area (Å²) in [5, 5.41) is 6.44. The Morgan fingerprint density at radius 3 is 2.95 bits per heavy atom. The van der Waals surface area contributed by atoms with E-state index in [-0.39, 0.29) is 24.4 Å². The fraction of sp³-hybridized carbons (Fsp3) is 0.929. The van der Waals surface area contributed by atoms with Crippen molar-refractivity contribution in [3.05, 3.63) is 0 Å². The number of morpholine rings is 1. The number of hydrogen-bond donors (Lipinski definition) is 2. The molecule has 0 spiro atoms. The molecule has 2 fully saturated rings. The van der Waals surface area contributed by atoms with Gasteiger partial charge in [-0.05, 0) is 18.8 Å². The SMILES string of the molecule is CCC1CCCC(NC(=O)CC2CNCCO2)C1.Cl. The quantitative estimate of drug-likeness (QED) is 0.831. The van der Waals surface area contributed by atoms with Gasteiger partial charge in [-0.2, -0.15) is 0 Å². The first kappa shape index (κ1) is 16.7. The lowest BCUT2D eigenvalue weighted by Gasteiger charge is -2.30. The Hall–Kier alpha value is -0.320. The van der Waals surface area contributed by atoms with Crippen LogP contribution in [-0.2, 0) is 9.53 Å². The molecule has 1 saturated carbocycles. The molecule has 5 heteroatoms. The van der Waals surface area contributed by atoms with E-state index in [1.807, 2.05) is 0 Å². The summed E-state index contributed by atoms with van der Waals surface area (Å²) in [6.07, 6.45) is 6.69. The Morgan fingerprint density at radius 2 is 2.26 bits per heavy atom. The maximum atomic E-state index is 12.0. The summed E-state index contributed by atoms with van der Waals surface area (Å²) in [5.74, 6) is 0.960. The van der Waals surface area contributed by atoms with Crippen molar-refractivity contribution in [1.29, 1.82) is 0 Å².